The van der Waals surface area contributed by atoms with Gasteiger partial charge in [-0.3, -0.25) is 27.9 Å². The van der Waals surface area contributed by atoms with Crippen LogP contribution in [0.4, 0.5) is 13.6 Å². The lowest BCUT2D eigenvalue weighted by Gasteiger charge is -2.20. The van der Waals surface area contributed by atoms with Crippen molar-refractivity contribution in [3.8, 4) is 12.1 Å². The Morgan fingerprint density at radius 3 is 1.77 bits per heavy atom. The molecule has 18 heteroatoms. The molecule has 0 radical (unpaired) electrons. The largest absolute Gasteiger partial charge is 0.443 e. The van der Waals surface area contributed by atoms with Gasteiger partial charge in [0, 0.05) is 14.1 Å². The molecule has 0 aliphatic rings. The first-order chi connectivity index (χ1) is 24.9. The van der Waals surface area contributed by atoms with Crippen LogP contribution in [0.3, 0.4) is 0 Å². The van der Waals surface area contributed by atoms with E-state index in [9.17, 15) is 38.0 Å². The van der Waals surface area contributed by atoms with Crippen molar-refractivity contribution in [1.82, 2.24) is 27.8 Å². The highest BCUT2D eigenvalue weighted by molar-refractivity contribution is 6.32. The molecule has 4 aromatic heterocycles. The Kier molecular flexibility index (Phi) is 10.3. The van der Waals surface area contributed by atoms with E-state index in [0.29, 0.717) is 5.65 Å². The van der Waals surface area contributed by atoms with Crippen LogP contribution in [-0.4, -0.2) is 39.5 Å². The predicted octanol–water partition coefficient (Wildman–Crippen LogP) is 4.74. The molecule has 6 aromatic rings. The van der Waals surface area contributed by atoms with E-state index in [-0.39, 0.29) is 62.1 Å². The number of hydrogen-bond donors (Lipinski definition) is 1. The summed E-state index contributed by atoms with van der Waals surface area (Å²) >= 11 is 12.0. The second-order valence-electron chi connectivity index (χ2n) is 12.7. The smallest absolute Gasteiger partial charge is 0.421 e. The molecule has 0 fully saturated rings. The van der Waals surface area contributed by atoms with Gasteiger partial charge in [-0.1, -0.05) is 23.2 Å². The molecule has 0 bridgehead atoms. The highest BCUT2D eigenvalue weighted by Crippen LogP contribution is 2.23. The third kappa shape index (κ3) is 7.41. The fraction of sp³-hybridized carbons (Fsp3) is 0.229. The van der Waals surface area contributed by atoms with Gasteiger partial charge in [0.15, 0.2) is 0 Å². The summed E-state index contributed by atoms with van der Waals surface area (Å²) in [6.07, 6.45) is -0.841. The average Bonchev–Trinajstić information content (AvgIpc) is 3.66. The van der Waals surface area contributed by atoms with Crippen molar-refractivity contribution in [3.63, 3.8) is 0 Å². The van der Waals surface area contributed by atoms with Gasteiger partial charge in [-0.2, -0.15) is 10.5 Å². The highest BCUT2D eigenvalue weighted by Gasteiger charge is 2.26. The van der Waals surface area contributed by atoms with E-state index in [0.717, 1.165) is 42.5 Å². The third-order valence-corrected chi connectivity index (χ3v) is 8.42. The Morgan fingerprint density at radius 2 is 1.28 bits per heavy atom. The second kappa shape index (κ2) is 14.4. The lowest BCUT2D eigenvalue weighted by Crippen LogP contribution is -2.40. The number of nitriles is 2. The fourth-order valence-corrected chi connectivity index (χ4v) is 5.97. The molecule has 0 aliphatic heterocycles. The van der Waals surface area contributed by atoms with Crippen molar-refractivity contribution in [2.45, 2.75) is 39.5 Å². The zero-order valence-corrected chi connectivity index (χ0v) is 30.1. The molecular weight excluding hydrogens is 737 g/mol. The van der Waals surface area contributed by atoms with E-state index in [4.69, 9.17) is 33.2 Å². The maximum absolute atomic E-state index is 13.6. The van der Waals surface area contributed by atoms with E-state index in [1.807, 2.05) is 12.1 Å². The monoisotopic (exact) mass is 764 g/mol. The number of hydrogen-bond acceptors (Lipinski definition) is 8. The van der Waals surface area contributed by atoms with Crippen LogP contribution < -0.4 is 22.5 Å². The Balaban J connectivity index is 0.000000211. The second-order valence-corrected chi connectivity index (χ2v) is 13.5. The number of nitrogens with one attached hydrogen (secondary N) is 1. The molecule has 53 heavy (non-hydrogen) atoms. The molecule has 4 heterocycles. The Labute approximate surface area is 307 Å². The minimum Gasteiger partial charge on any atom is -0.443 e. The van der Waals surface area contributed by atoms with E-state index < -0.39 is 45.8 Å². The van der Waals surface area contributed by atoms with E-state index >= 15 is 0 Å². The summed E-state index contributed by atoms with van der Waals surface area (Å²) in [6, 6.07) is 13.6. The molecule has 0 unspecified atom stereocenters. The van der Waals surface area contributed by atoms with Crippen LogP contribution in [0.15, 0.2) is 67.7 Å². The lowest BCUT2D eigenvalue weighted by atomic mass is 10.1. The zero-order chi connectivity index (χ0) is 39.1. The lowest BCUT2D eigenvalue weighted by molar-refractivity contribution is 0.0543. The minimum absolute atomic E-state index is 0.00266. The number of benzene rings is 2. The first kappa shape index (κ1) is 38.0. The van der Waals surface area contributed by atoms with Crippen molar-refractivity contribution in [2.75, 3.05) is 0 Å². The quantitative estimate of drug-likeness (QED) is 0.267. The molecule has 0 aliphatic carbocycles. The van der Waals surface area contributed by atoms with Crippen LogP contribution in [-0.2, 0) is 31.9 Å². The Bertz CT molecular complexity index is 2810. The molecule has 6 rings (SSSR count). The van der Waals surface area contributed by atoms with Crippen molar-refractivity contribution < 1.29 is 18.3 Å². The first-order valence-electron chi connectivity index (χ1n) is 15.5. The summed E-state index contributed by atoms with van der Waals surface area (Å²) in [5, 5.41) is 18.7. The number of aromatic amines is 1. The molecule has 0 saturated heterocycles. The summed E-state index contributed by atoms with van der Waals surface area (Å²) in [6.45, 7) is 4.48. The summed E-state index contributed by atoms with van der Waals surface area (Å²) < 4.78 is 37.5. The standard InChI is InChI=1S/C20H18ClFN4O4.C15H10ClFN4O2/c1-20(2,3)30-19(29)26-15(21)8-14-16(26)24(4)18(28)25(17(14)27)10-12-7-13(22)6-5-11(12)9-23;1-20-13-11(5-12(16)19-13)14(22)21(15(20)23)7-9-4-10(17)3-2-8(9)6-18/h5-8H,10H2,1-4H3;2-5,19H,7H2,1H3. The Hall–Kier alpha value is -6.23. The van der Waals surface area contributed by atoms with Gasteiger partial charge in [-0.05, 0) is 80.4 Å². The van der Waals surface area contributed by atoms with Crippen LogP contribution in [0.1, 0.15) is 43.0 Å². The van der Waals surface area contributed by atoms with Gasteiger partial charge >= 0.3 is 17.5 Å². The molecular formula is C35H28Cl2F2N8O6. The normalized spacial score (nSPS) is 11.2. The summed E-state index contributed by atoms with van der Waals surface area (Å²) in [7, 11) is 2.86. The zero-order valence-electron chi connectivity index (χ0n) is 28.6. The van der Waals surface area contributed by atoms with Gasteiger partial charge in [-0.25, -0.2) is 27.7 Å². The van der Waals surface area contributed by atoms with Crippen LogP contribution in [0.2, 0.25) is 10.3 Å². The summed E-state index contributed by atoms with van der Waals surface area (Å²) in [5.74, 6) is -1.15. The van der Waals surface area contributed by atoms with Crippen LogP contribution >= 0.6 is 23.2 Å². The molecule has 272 valence electrons. The highest BCUT2D eigenvalue weighted by atomic mass is 35.5. The van der Waals surface area contributed by atoms with Gasteiger partial charge in [0.2, 0.25) is 0 Å². The minimum atomic E-state index is -0.841. The fourth-order valence-electron chi connectivity index (χ4n) is 5.52. The van der Waals surface area contributed by atoms with Crippen molar-refractivity contribution >= 4 is 51.4 Å². The number of ether oxygens (including phenoxy) is 1. The van der Waals surface area contributed by atoms with Crippen LogP contribution in [0.5, 0.6) is 0 Å². The third-order valence-electron chi connectivity index (χ3n) is 7.94. The maximum Gasteiger partial charge on any atom is 0.421 e. The number of halogens is 4. The summed E-state index contributed by atoms with van der Waals surface area (Å²) in [5.41, 5.74) is -2.42. The van der Waals surface area contributed by atoms with Crippen molar-refractivity contribution in [1.29, 1.82) is 10.5 Å². The number of carbonyl (C=O) groups is 1. The van der Waals surface area contributed by atoms with E-state index in [1.165, 1.54) is 42.9 Å². The topological polar surface area (TPSA) is 183 Å². The summed E-state index contributed by atoms with van der Waals surface area (Å²) in [4.78, 5) is 66.1. The average molecular weight is 766 g/mol. The van der Waals surface area contributed by atoms with Gasteiger partial charge in [-0.15, -0.1) is 0 Å². The van der Waals surface area contributed by atoms with Crippen LogP contribution in [0.25, 0.3) is 22.1 Å². The van der Waals surface area contributed by atoms with Gasteiger partial charge in [0.1, 0.15) is 38.8 Å². The molecule has 0 spiro atoms. The number of fused-ring (bicyclic) bond motifs is 2. The van der Waals surface area contributed by atoms with Gasteiger partial charge in [0.25, 0.3) is 11.1 Å². The molecule has 1 N–H and O–H groups in total. The number of aryl methyl sites for hydroxylation is 2. The molecule has 2 aromatic carbocycles. The van der Waals surface area contributed by atoms with E-state index in [2.05, 4.69) is 4.98 Å². The first-order valence-corrected chi connectivity index (χ1v) is 16.2. The van der Waals surface area contributed by atoms with Gasteiger partial charge < -0.3 is 9.72 Å². The number of carbonyl (C=O) groups excluding carboxylic acids is 1. The van der Waals surface area contributed by atoms with Gasteiger partial charge in [0.05, 0.1) is 47.1 Å². The number of H-pyrrole nitrogens is 1. The van der Waals surface area contributed by atoms with Crippen molar-refractivity contribution in [2.24, 2.45) is 14.1 Å². The maximum atomic E-state index is 13.6. The molecule has 0 saturated carbocycles. The molecule has 0 atom stereocenters. The Morgan fingerprint density at radius 1 is 0.792 bits per heavy atom. The van der Waals surface area contributed by atoms with E-state index in [1.54, 1.807) is 20.8 Å². The molecule has 0 amide bonds. The number of rotatable bonds is 4. The number of nitrogens with zero attached hydrogens (tertiary/aromatic N) is 7. The molecule has 14 nitrogen and oxygen atoms in total. The predicted molar refractivity (Wildman–Crippen MR) is 191 cm³/mol. The van der Waals surface area contributed by atoms with Crippen molar-refractivity contribution in [3.05, 3.63) is 134 Å². The SMILES string of the molecule is Cn1c(=O)n(Cc2cc(F)ccc2C#N)c(=O)c2cc(Cl)[nH]c21.Cn1c(=O)n(Cc2cc(F)ccc2C#N)c(=O)c2cc(Cl)n(C(=O)OC(C)(C)C)c21. The van der Waals surface area contributed by atoms with Crippen LogP contribution in [0, 0.1) is 34.3 Å². The number of aromatic nitrogens is 6.